The van der Waals surface area contributed by atoms with E-state index in [-0.39, 0.29) is 0 Å². The highest BCUT2D eigenvalue weighted by molar-refractivity contribution is 5.82. The lowest BCUT2D eigenvalue weighted by Gasteiger charge is -2.10. The topological polar surface area (TPSA) is 69.9 Å². The summed E-state index contributed by atoms with van der Waals surface area (Å²) >= 11 is 0. The fourth-order valence-corrected chi connectivity index (χ4v) is 2.75. The number of hydrogen-bond acceptors (Lipinski definition) is 3. The second-order valence-corrected chi connectivity index (χ2v) is 5.78. The quantitative estimate of drug-likeness (QED) is 0.726. The Labute approximate surface area is 130 Å². The molecule has 0 unspecified atom stereocenters. The minimum atomic E-state index is 0.668. The van der Waals surface area contributed by atoms with Crippen LogP contribution in [0.5, 0.6) is 0 Å². The maximum absolute atomic E-state index is 5.93. The Kier molecular flexibility index (Phi) is 3.86. The Morgan fingerprint density at radius 1 is 1.09 bits per heavy atom. The monoisotopic (exact) mass is 294 g/mol. The van der Waals surface area contributed by atoms with Crippen LogP contribution in [0.25, 0.3) is 22.4 Å². The zero-order valence-electron chi connectivity index (χ0n) is 13.1. The summed E-state index contributed by atoms with van der Waals surface area (Å²) in [6, 6.07) is 12.2. The van der Waals surface area contributed by atoms with Gasteiger partial charge in [-0.2, -0.15) is 0 Å². The van der Waals surface area contributed by atoms with Crippen LogP contribution in [0.2, 0.25) is 0 Å². The van der Waals surface area contributed by atoms with Crippen LogP contribution in [0.1, 0.15) is 17.5 Å². The SMILES string of the molecule is Cc1cc2nc(-c3cccc(N)c3)n(CCCN)c2cc1C. The maximum Gasteiger partial charge on any atom is 0.141 e. The number of nitrogens with two attached hydrogens (primary N) is 2. The molecule has 0 radical (unpaired) electrons. The van der Waals surface area contributed by atoms with Crippen molar-refractivity contribution >= 4 is 16.7 Å². The smallest absolute Gasteiger partial charge is 0.141 e. The minimum Gasteiger partial charge on any atom is -0.399 e. The van der Waals surface area contributed by atoms with Crippen molar-refractivity contribution < 1.29 is 0 Å². The first-order chi connectivity index (χ1) is 10.6. The number of hydrogen-bond donors (Lipinski definition) is 2. The van der Waals surface area contributed by atoms with Gasteiger partial charge in [-0.3, -0.25) is 0 Å². The van der Waals surface area contributed by atoms with Crippen molar-refractivity contribution in [2.75, 3.05) is 12.3 Å². The Morgan fingerprint density at radius 3 is 2.59 bits per heavy atom. The molecule has 22 heavy (non-hydrogen) atoms. The molecule has 0 amide bonds. The van der Waals surface area contributed by atoms with Crippen molar-refractivity contribution in [1.82, 2.24) is 9.55 Å². The number of rotatable bonds is 4. The first-order valence-electron chi connectivity index (χ1n) is 7.63. The van der Waals surface area contributed by atoms with Gasteiger partial charge in [0, 0.05) is 17.8 Å². The van der Waals surface area contributed by atoms with Crippen LogP contribution in [0.15, 0.2) is 36.4 Å². The van der Waals surface area contributed by atoms with Gasteiger partial charge in [0.25, 0.3) is 0 Å². The summed E-state index contributed by atoms with van der Waals surface area (Å²) in [7, 11) is 0. The third-order valence-electron chi connectivity index (χ3n) is 4.09. The van der Waals surface area contributed by atoms with Gasteiger partial charge in [-0.1, -0.05) is 12.1 Å². The molecule has 0 fully saturated rings. The number of imidazole rings is 1. The van der Waals surface area contributed by atoms with E-state index in [2.05, 4.69) is 36.6 Å². The molecule has 114 valence electrons. The van der Waals surface area contributed by atoms with E-state index in [1.807, 2.05) is 18.2 Å². The molecule has 0 aliphatic heterocycles. The lowest BCUT2D eigenvalue weighted by Crippen LogP contribution is -2.07. The van der Waals surface area contributed by atoms with Gasteiger partial charge < -0.3 is 16.0 Å². The maximum atomic E-state index is 5.93. The van der Waals surface area contributed by atoms with E-state index in [0.29, 0.717) is 6.54 Å². The van der Waals surface area contributed by atoms with Crippen molar-refractivity contribution in [2.24, 2.45) is 5.73 Å². The molecule has 3 aromatic rings. The highest BCUT2D eigenvalue weighted by atomic mass is 15.1. The van der Waals surface area contributed by atoms with Crippen LogP contribution >= 0.6 is 0 Å². The molecule has 0 atom stereocenters. The van der Waals surface area contributed by atoms with Crippen LogP contribution in [0.4, 0.5) is 5.69 Å². The summed E-state index contributed by atoms with van der Waals surface area (Å²) in [5.41, 5.74) is 18.2. The van der Waals surface area contributed by atoms with E-state index in [0.717, 1.165) is 41.1 Å². The van der Waals surface area contributed by atoms with Crippen molar-refractivity contribution in [3.63, 3.8) is 0 Å². The van der Waals surface area contributed by atoms with Crippen LogP contribution in [-0.4, -0.2) is 16.1 Å². The number of nitrogens with zero attached hydrogens (tertiary/aromatic N) is 2. The number of nitrogen functional groups attached to an aromatic ring is 1. The Bertz CT molecular complexity index is 817. The molecule has 1 aromatic heterocycles. The summed E-state index contributed by atoms with van der Waals surface area (Å²) in [5, 5.41) is 0. The van der Waals surface area contributed by atoms with Crippen molar-refractivity contribution in [3.05, 3.63) is 47.5 Å². The Balaban J connectivity index is 2.23. The summed E-state index contributed by atoms with van der Waals surface area (Å²) < 4.78 is 2.25. The van der Waals surface area contributed by atoms with Gasteiger partial charge in [-0.25, -0.2) is 4.98 Å². The highest BCUT2D eigenvalue weighted by Crippen LogP contribution is 2.28. The molecule has 4 heteroatoms. The predicted molar refractivity (Wildman–Crippen MR) is 92.7 cm³/mol. The molecule has 0 aliphatic carbocycles. The Morgan fingerprint density at radius 2 is 1.86 bits per heavy atom. The van der Waals surface area contributed by atoms with Crippen LogP contribution in [0.3, 0.4) is 0 Å². The summed E-state index contributed by atoms with van der Waals surface area (Å²) in [5.74, 6) is 0.959. The van der Waals surface area contributed by atoms with Gasteiger partial charge in [0.15, 0.2) is 0 Å². The molecule has 0 spiro atoms. The van der Waals surface area contributed by atoms with E-state index >= 15 is 0 Å². The normalized spacial score (nSPS) is 11.2. The number of aryl methyl sites for hydroxylation is 3. The zero-order chi connectivity index (χ0) is 15.7. The van der Waals surface area contributed by atoms with E-state index in [1.54, 1.807) is 0 Å². The van der Waals surface area contributed by atoms with E-state index in [4.69, 9.17) is 16.5 Å². The van der Waals surface area contributed by atoms with E-state index in [9.17, 15) is 0 Å². The molecular formula is C18H22N4. The lowest BCUT2D eigenvalue weighted by atomic mass is 10.1. The molecule has 0 aliphatic rings. The summed E-state index contributed by atoms with van der Waals surface area (Å²) in [4.78, 5) is 4.85. The van der Waals surface area contributed by atoms with Crippen molar-refractivity contribution in [2.45, 2.75) is 26.8 Å². The molecule has 0 bridgehead atoms. The molecule has 0 saturated carbocycles. The first kappa shape index (κ1) is 14.6. The van der Waals surface area contributed by atoms with Gasteiger partial charge in [0.1, 0.15) is 5.82 Å². The second kappa shape index (κ2) is 5.81. The fraction of sp³-hybridized carbons (Fsp3) is 0.278. The van der Waals surface area contributed by atoms with E-state index in [1.165, 1.54) is 11.1 Å². The first-order valence-corrected chi connectivity index (χ1v) is 7.63. The van der Waals surface area contributed by atoms with Crippen molar-refractivity contribution in [3.8, 4) is 11.4 Å². The summed E-state index contributed by atoms with van der Waals surface area (Å²) in [6.45, 7) is 5.78. The largest absolute Gasteiger partial charge is 0.399 e. The lowest BCUT2D eigenvalue weighted by molar-refractivity contribution is 0.671. The molecular weight excluding hydrogens is 272 g/mol. The molecule has 4 nitrogen and oxygen atoms in total. The molecule has 0 saturated heterocycles. The van der Waals surface area contributed by atoms with Gasteiger partial charge in [0.2, 0.25) is 0 Å². The molecule has 2 aromatic carbocycles. The Hall–Kier alpha value is -2.33. The van der Waals surface area contributed by atoms with Gasteiger partial charge >= 0.3 is 0 Å². The molecule has 4 N–H and O–H groups in total. The van der Waals surface area contributed by atoms with Gasteiger partial charge in [0.05, 0.1) is 11.0 Å². The van der Waals surface area contributed by atoms with Crippen LogP contribution < -0.4 is 11.5 Å². The van der Waals surface area contributed by atoms with E-state index < -0.39 is 0 Å². The fourth-order valence-electron chi connectivity index (χ4n) is 2.75. The zero-order valence-corrected chi connectivity index (χ0v) is 13.1. The van der Waals surface area contributed by atoms with Crippen LogP contribution in [-0.2, 0) is 6.54 Å². The number of benzene rings is 2. The highest BCUT2D eigenvalue weighted by Gasteiger charge is 2.13. The number of aromatic nitrogens is 2. The number of fused-ring (bicyclic) bond motifs is 1. The van der Waals surface area contributed by atoms with Crippen molar-refractivity contribution in [1.29, 1.82) is 0 Å². The third-order valence-corrected chi connectivity index (χ3v) is 4.09. The molecule has 3 rings (SSSR count). The standard InChI is InChI=1S/C18H22N4/c1-12-9-16-17(10-13(12)2)22(8-4-7-19)18(21-16)14-5-3-6-15(20)11-14/h3,5-6,9-11H,4,7-8,19-20H2,1-2H3. The summed E-state index contributed by atoms with van der Waals surface area (Å²) in [6.07, 6.45) is 0.924. The predicted octanol–water partition coefficient (Wildman–Crippen LogP) is 3.25. The second-order valence-electron chi connectivity index (χ2n) is 5.78. The van der Waals surface area contributed by atoms with Gasteiger partial charge in [-0.05, 0) is 62.2 Å². The number of anilines is 1. The minimum absolute atomic E-state index is 0.668. The van der Waals surface area contributed by atoms with Gasteiger partial charge in [-0.15, -0.1) is 0 Å². The average molecular weight is 294 g/mol. The average Bonchev–Trinajstić information content (AvgIpc) is 2.83. The third kappa shape index (κ3) is 2.57. The van der Waals surface area contributed by atoms with Crippen LogP contribution in [0, 0.1) is 13.8 Å². The molecule has 1 heterocycles.